The van der Waals surface area contributed by atoms with E-state index >= 15 is 0 Å². The Hall–Kier alpha value is -5.36. The first-order chi connectivity index (χ1) is 20.4. The number of hydrogen-bond donors (Lipinski definition) is 0. The number of carbonyl (C=O) groups excluding carboxylic acids is 3. The Labute approximate surface area is 243 Å². The third-order valence-electron chi connectivity index (χ3n) is 7.46. The molecule has 0 radical (unpaired) electrons. The minimum Gasteiger partial charge on any atom is -0.312 e. The molecule has 0 N–H and O–H groups in total. The van der Waals surface area contributed by atoms with Gasteiger partial charge >= 0.3 is 5.97 Å². The average Bonchev–Trinajstić information content (AvgIpc) is 3.37. The maximum absolute atomic E-state index is 13.3. The summed E-state index contributed by atoms with van der Waals surface area (Å²) in [4.78, 5) is 43.7. The monoisotopic (exact) mass is 552 g/mol. The number of fused-ring (bicyclic) bond motifs is 3. The van der Waals surface area contributed by atoms with Crippen molar-refractivity contribution in [3.63, 3.8) is 0 Å². The van der Waals surface area contributed by atoms with E-state index in [-0.39, 0.29) is 23.2 Å². The van der Waals surface area contributed by atoms with Crippen LogP contribution in [0, 0.1) is 5.92 Å². The molecule has 0 saturated carbocycles. The molecular formula is C36H28N2O4. The maximum Gasteiger partial charge on any atom is 0.365 e. The highest BCUT2D eigenvalue weighted by atomic mass is 16.7. The molecule has 0 amide bonds. The molecule has 0 aliphatic heterocycles. The number of allylic oxidation sites excluding steroid dienone is 2. The van der Waals surface area contributed by atoms with Crippen molar-refractivity contribution < 1.29 is 19.2 Å². The summed E-state index contributed by atoms with van der Waals surface area (Å²) in [5.74, 6) is -0.698. The van der Waals surface area contributed by atoms with Crippen molar-refractivity contribution in [3.05, 3.63) is 138 Å². The van der Waals surface area contributed by atoms with E-state index < -0.39 is 5.97 Å². The molecule has 6 rings (SSSR count). The molecule has 0 spiro atoms. The van der Waals surface area contributed by atoms with E-state index in [9.17, 15) is 14.4 Å². The van der Waals surface area contributed by atoms with Gasteiger partial charge < -0.3 is 9.40 Å². The van der Waals surface area contributed by atoms with E-state index in [4.69, 9.17) is 4.84 Å². The maximum atomic E-state index is 13.3. The third kappa shape index (κ3) is 5.10. The largest absolute Gasteiger partial charge is 0.365 e. The zero-order valence-electron chi connectivity index (χ0n) is 23.3. The van der Waals surface area contributed by atoms with Crippen molar-refractivity contribution in [2.45, 2.75) is 20.3 Å². The molecule has 0 saturated heterocycles. The van der Waals surface area contributed by atoms with Crippen LogP contribution in [-0.4, -0.2) is 27.8 Å². The van der Waals surface area contributed by atoms with E-state index in [2.05, 4.69) is 9.72 Å². The fraction of sp³-hybridized carbons (Fsp3) is 0.111. The molecule has 4 aromatic carbocycles. The van der Waals surface area contributed by atoms with Crippen molar-refractivity contribution in [1.29, 1.82) is 0 Å². The molecule has 42 heavy (non-hydrogen) atoms. The molecule has 1 aromatic heterocycles. The standard InChI is InChI=1S/C36H28N2O4/c1-23-9-8-12-28(21-23)36(41)42-37-24(2)34(39)27-17-20-33-31(22-27)30-13-6-7-14-32(30)38(33)29-18-15-26(16-19-29)35(40)25-10-4-3-5-11-25/h3-8,10-23H,9H2,1-2H3. The number of oxime groups is 1. The van der Waals surface area contributed by atoms with Crippen LogP contribution < -0.4 is 0 Å². The van der Waals surface area contributed by atoms with Crippen LogP contribution in [0.25, 0.3) is 27.5 Å². The van der Waals surface area contributed by atoms with E-state index in [0.717, 1.165) is 33.9 Å². The van der Waals surface area contributed by atoms with Crippen LogP contribution in [0.2, 0.25) is 0 Å². The fourth-order valence-electron chi connectivity index (χ4n) is 5.30. The van der Waals surface area contributed by atoms with Gasteiger partial charge in [-0.15, -0.1) is 0 Å². The molecule has 0 fully saturated rings. The Kier molecular flexibility index (Phi) is 7.19. The van der Waals surface area contributed by atoms with Gasteiger partial charge in [0.1, 0.15) is 5.71 Å². The second-order valence-electron chi connectivity index (χ2n) is 10.4. The number of ketones is 2. The zero-order valence-corrected chi connectivity index (χ0v) is 23.3. The summed E-state index contributed by atoms with van der Waals surface area (Å²) in [6.45, 7) is 3.55. The van der Waals surface area contributed by atoms with E-state index in [0.29, 0.717) is 22.3 Å². The number of para-hydroxylation sites is 1. The molecule has 1 aliphatic carbocycles. The normalized spacial score (nSPS) is 15.0. The van der Waals surface area contributed by atoms with Gasteiger partial charge in [-0.05, 0) is 67.8 Å². The first kappa shape index (κ1) is 26.8. The second-order valence-corrected chi connectivity index (χ2v) is 10.4. The van der Waals surface area contributed by atoms with Crippen LogP contribution in [0.4, 0.5) is 0 Å². The highest BCUT2D eigenvalue weighted by Gasteiger charge is 2.18. The molecule has 0 bridgehead atoms. The van der Waals surface area contributed by atoms with Crippen molar-refractivity contribution >= 4 is 45.1 Å². The lowest BCUT2D eigenvalue weighted by atomic mass is 9.98. The Morgan fingerprint density at radius 3 is 2.21 bits per heavy atom. The van der Waals surface area contributed by atoms with Gasteiger partial charge in [0.05, 0.1) is 16.6 Å². The van der Waals surface area contributed by atoms with Crippen molar-refractivity contribution in [2.75, 3.05) is 0 Å². The van der Waals surface area contributed by atoms with Crippen molar-refractivity contribution in [2.24, 2.45) is 11.1 Å². The van der Waals surface area contributed by atoms with Crippen LogP contribution in [-0.2, 0) is 9.63 Å². The zero-order chi connectivity index (χ0) is 29.2. The Balaban J connectivity index is 1.31. The lowest BCUT2D eigenvalue weighted by Crippen LogP contribution is -2.13. The van der Waals surface area contributed by atoms with Gasteiger partial charge in [0.25, 0.3) is 0 Å². The summed E-state index contributed by atoms with van der Waals surface area (Å²) < 4.78 is 2.12. The Morgan fingerprint density at radius 1 is 0.786 bits per heavy atom. The topological polar surface area (TPSA) is 77.7 Å². The summed E-state index contributed by atoms with van der Waals surface area (Å²) in [5, 5.41) is 5.73. The minimum absolute atomic E-state index is 0.0308. The second kappa shape index (κ2) is 11.3. The lowest BCUT2D eigenvalue weighted by molar-refractivity contribution is -0.138. The highest BCUT2D eigenvalue weighted by Crippen LogP contribution is 2.33. The quantitative estimate of drug-likeness (QED) is 0.0900. The van der Waals surface area contributed by atoms with Gasteiger partial charge in [0.2, 0.25) is 5.78 Å². The molecule has 1 heterocycles. The van der Waals surface area contributed by atoms with Crippen LogP contribution >= 0.6 is 0 Å². The van der Waals surface area contributed by atoms with Gasteiger partial charge in [0.15, 0.2) is 5.78 Å². The summed E-state index contributed by atoms with van der Waals surface area (Å²) in [7, 11) is 0. The number of aromatic nitrogens is 1. The van der Waals surface area contributed by atoms with Gasteiger partial charge in [-0.3, -0.25) is 9.59 Å². The van der Waals surface area contributed by atoms with Crippen LogP contribution in [0.1, 0.15) is 46.5 Å². The van der Waals surface area contributed by atoms with Crippen LogP contribution in [0.15, 0.2) is 126 Å². The van der Waals surface area contributed by atoms with Gasteiger partial charge in [-0.2, -0.15) is 0 Å². The Bertz CT molecular complexity index is 1940. The SMILES string of the molecule is CC(=NOC(=O)C1=CC(C)CC=C1)C(=O)c1ccc2c(c1)c1ccccc1n2-c1ccc(C(=O)c2ccccc2)cc1. The van der Waals surface area contributed by atoms with Gasteiger partial charge in [-0.25, -0.2) is 4.79 Å². The number of carbonyl (C=O) groups is 3. The lowest BCUT2D eigenvalue weighted by Gasteiger charge is -2.10. The summed E-state index contributed by atoms with van der Waals surface area (Å²) in [6, 6.07) is 30.2. The predicted octanol–water partition coefficient (Wildman–Crippen LogP) is 7.64. The smallest absolute Gasteiger partial charge is 0.312 e. The fourth-order valence-corrected chi connectivity index (χ4v) is 5.30. The molecule has 6 heteroatoms. The molecule has 206 valence electrons. The third-order valence-corrected chi connectivity index (χ3v) is 7.46. The molecular weight excluding hydrogens is 524 g/mol. The number of nitrogens with zero attached hydrogens (tertiary/aromatic N) is 2. The predicted molar refractivity (Wildman–Crippen MR) is 165 cm³/mol. The number of Topliss-reactive ketones (excluding diaryl/α,β-unsaturated/α-hetero) is 1. The van der Waals surface area contributed by atoms with Crippen molar-refractivity contribution in [3.8, 4) is 5.69 Å². The molecule has 1 unspecified atom stereocenters. The van der Waals surface area contributed by atoms with E-state index in [1.54, 1.807) is 12.1 Å². The molecule has 6 nitrogen and oxygen atoms in total. The van der Waals surface area contributed by atoms with E-state index in [1.807, 2.05) is 110 Å². The average molecular weight is 553 g/mol. The van der Waals surface area contributed by atoms with Crippen molar-refractivity contribution in [1.82, 2.24) is 4.57 Å². The highest BCUT2D eigenvalue weighted by molar-refractivity contribution is 6.45. The minimum atomic E-state index is -0.583. The van der Waals surface area contributed by atoms with E-state index in [1.165, 1.54) is 6.92 Å². The molecule has 5 aromatic rings. The van der Waals surface area contributed by atoms with Gasteiger partial charge in [-0.1, -0.05) is 78.8 Å². The Morgan fingerprint density at radius 2 is 1.45 bits per heavy atom. The first-order valence-corrected chi connectivity index (χ1v) is 13.8. The van der Waals surface area contributed by atoms with Crippen LogP contribution in [0.5, 0.6) is 0 Å². The molecule has 1 atom stereocenters. The first-order valence-electron chi connectivity index (χ1n) is 13.8. The number of rotatable bonds is 7. The number of hydrogen-bond acceptors (Lipinski definition) is 5. The summed E-state index contributed by atoms with van der Waals surface area (Å²) in [5.41, 5.74) is 5.00. The summed E-state index contributed by atoms with van der Waals surface area (Å²) in [6.07, 6.45) is 6.35. The van der Waals surface area contributed by atoms with Crippen LogP contribution in [0.3, 0.4) is 0 Å². The molecule has 1 aliphatic rings. The summed E-state index contributed by atoms with van der Waals surface area (Å²) >= 11 is 0. The number of benzene rings is 4. The van der Waals surface area contributed by atoms with Gasteiger partial charge in [0, 0.05) is 33.2 Å².